The smallest absolute Gasteiger partial charge is 0.328 e. The van der Waals surface area contributed by atoms with Crippen LogP contribution < -0.4 is 4.74 Å². The van der Waals surface area contributed by atoms with Crippen molar-refractivity contribution in [3.05, 3.63) is 40.7 Å². The van der Waals surface area contributed by atoms with Crippen LogP contribution in [0.5, 0.6) is 11.5 Å². The molecule has 6 heteroatoms. The fourth-order valence-electron chi connectivity index (χ4n) is 3.01. The average Bonchev–Trinajstić information content (AvgIpc) is 3.28. The summed E-state index contributed by atoms with van der Waals surface area (Å²) < 4.78 is 13.0. The van der Waals surface area contributed by atoms with E-state index in [1.54, 1.807) is 10.9 Å². The zero-order valence-corrected chi connectivity index (χ0v) is 16.5. The normalized spacial score (nSPS) is 13.9. The van der Waals surface area contributed by atoms with Crippen molar-refractivity contribution in [2.45, 2.75) is 65.5 Å². The molecule has 2 aromatic rings. The second-order valence-corrected chi connectivity index (χ2v) is 8.08. The molecule has 1 saturated carbocycles. The molecule has 6 nitrogen and oxygen atoms in total. The summed E-state index contributed by atoms with van der Waals surface area (Å²) in [4.78, 5) is 12.1. The van der Waals surface area contributed by atoms with Crippen LogP contribution in [0.2, 0.25) is 0 Å². The number of esters is 1. The number of carbonyl (C=O) groups excluding carboxylic acids is 1. The number of carbonyl (C=O) groups is 1. The van der Waals surface area contributed by atoms with E-state index in [-0.39, 0.29) is 12.5 Å². The highest BCUT2D eigenvalue weighted by molar-refractivity contribution is 5.69. The lowest BCUT2D eigenvalue weighted by molar-refractivity contribution is -0.155. The molecular weight excluding hydrogens is 342 g/mol. The van der Waals surface area contributed by atoms with Crippen molar-refractivity contribution in [3.8, 4) is 17.6 Å². The molecule has 0 bridgehead atoms. The van der Waals surface area contributed by atoms with Crippen molar-refractivity contribution < 1.29 is 14.3 Å². The number of aromatic nitrogens is 2. The summed E-state index contributed by atoms with van der Waals surface area (Å²) in [7, 11) is 0. The fraction of sp³-hybridized carbons (Fsp3) is 0.476. The summed E-state index contributed by atoms with van der Waals surface area (Å²) in [6, 6.07) is 5.92. The van der Waals surface area contributed by atoms with Gasteiger partial charge < -0.3 is 9.47 Å². The summed E-state index contributed by atoms with van der Waals surface area (Å²) in [5.74, 6) is 1.37. The maximum absolute atomic E-state index is 12.1. The van der Waals surface area contributed by atoms with Crippen LogP contribution >= 0.6 is 0 Å². The van der Waals surface area contributed by atoms with E-state index >= 15 is 0 Å². The van der Waals surface area contributed by atoms with E-state index in [9.17, 15) is 10.1 Å². The van der Waals surface area contributed by atoms with E-state index in [4.69, 9.17) is 9.47 Å². The van der Waals surface area contributed by atoms with Crippen molar-refractivity contribution in [2.75, 3.05) is 0 Å². The lowest BCUT2D eigenvalue weighted by atomic mass is 10.0. The largest absolute Gasteiger partial charge is 0.459 e. The quantitative estimate of drug-likeness (QED) is 0.733. The molecule has 0 aliphatic heterocycles. The van der Waals surface area contributed by atoms with Crippen LogP contribution in [0.25, 0.3) is 0 Å². The van der Waals surface area contributed by atoms with Crippen LogP contribution in [-0.4, -0.2) is 21.4 Å². The third kappa shape index (κ3) is 4.68. The molecule has 3 rings (SSSR count). The SMILES string of the molecule is Cc1cc(Oc2cn(CC(=O)OC(C)(C)C)nc2C2CC2)cc(C)c1C#N. The third-order valence-electron chi connectivity index (χ3n) is 4.28. The second kappa shape index (κ2) is 7.07. The van der Waals surface area contributed by atoms with Crippen LogP contribution in [0.15, 0.2) is 18.3 Å². The van der Waals surface area contributed by atoms with E-state index in [0.29, 0.717) is 23.0 Å². The van der Waals surface area contributed by atoms with Crippen molar-refractivity contribution in [1.82, 2.24) is 9.78 Å². The summed E-state index contributed by atoms with van der Waals surface area (Å²) in [5.41, 5.74) is 2.77. The van der Waals surface area contributed by atoms with Crippen LogP contribution in [0.1, 0.15) is 61.9 Å². The number of benzene rings is 1. The van der Waals surface area contributed by atoms with E-state index < -0.39 is 5.60 Å². The van der Waals surface area contributed by atoms with Gasteiger partial charge >= 0.3 is 5.97 Å². The second-order valence-electron chi connectivity index (χ2n) is 8.08. The first-order chi connectivity index (χ1) is 12.7. The fourth-order valence-corrected chi connectivity index (χ4v) is 3.01. The van der Waals surface area contributed by atoms with Gasteiger partial charge in [-0.3, -0.25) is 9.48 Å². The lowest BCUT2D eigenvalue weighted by Crippen LogP contribution is -2.26. The van der Waals surface area contributed by atoms with Gasteiger partial charge in [0.05, 0.1) is 17.8 Å². The van der Waals surface area contributed by atoms with Gasteiger partial charge in [-0.05, 0) is 70.7 Å². The van der Waals surface area contributed by atoms with Crippen LogP contribution in [-0.2, 0) is 16.1 Å². The number of hydrogen-bond donors (Lipinski definition) is 0. The summed E-state index contributed by atoms with van der Waals surface area (Å²) in [6.07, 6.45) is 3.90. The van der Waals surface area contributed by atoms with Crippen LogP contribution in [0.3, 0.4) is 0 Å². The van der Waals surface area contributed by atoms with Gasteiger partial charge in [0.15, 0.2) is 5.75 Å². The van der Waals surface area contributed by atoms with Gasteiger partial charge in [0.25, 0.3) is 0 Å². The molecule has 0 spiro atoms. The number of rotatable bonds is 5. The minimum Gasteiger partial charge on any atom is -0.459 e. The van der Waals surface area contributed by atoms with E-state index in [1.165, 1.54) is 0 Å². The van der Waals surface area contributed by atoms with Gasteiger partial charge in [-0.2, -0.15) is 10.4 Å². The Labute approximate surface area is 159 Å². The highest BCUT2D eigenvalue weighted by Crippen LogP contribution is 2.44. The maximum atomic E-state index is 12.1. The van der Waals surface area contributed by atoms with Gasteiger partial charge in [0, 0.05) is 5.92 Å². The first kappa shape index (κ1) is 19.0. The number of ether oxygens (including phenoxy) is 2. The molecular formula is C21H25N3O3. The van der Waals surface area contributed by atoms with Crippen LogP contribution in [0.4, 0.5) is 0 Å². The highest BCUT2D eigenvalue weighted by Gasteiger charge is 2.31. The van der Waals surface area contributed by atoms with Gasteiger partial charge in [0.2, 0.25) is 0 Å². The van der Waals surface area contributed by atoms with Crippen molar-refractivity contribution in [1.29, 1.82) is 5.26 Å². The van der Waals surface area contributed by atoms with Crippen molar-refractivity contribution in [3.63, 3.8) is 0 Å². The molecule has 0 saturated heterocycles. The van der Waals surface area contributed by atoms with Gasteiger partial charge in [-0.15, -0.1) is 0 Å². The van der Waals surface area contributed by atoms with Crippen molar-refractivity contribution >= 4 is 5.97 Å². The zero-order valence-electron chi connectivity index (χ0n) is 16.5. The molecule has 1 aromatic heterocycles. The third-order valence-corrected chi connectivity index (χ3v) is 4.28. The standard InChI is InChI=1S/C21H25N3O3/c1-13-8-16(9-14(2)17(13)10-22)26-18-11-24(23-20(18)15-6-7-15)12-19(25)27-21(3,4)5/h8-9,11,15H,6-7,12H2,1-5H3. The Hall–Kier alpha value is -2.81. The monoisotopic (exact) mass is 367 g/mol. The first-order valence-corrected chi connectivity index (χ1v) is 9.14. The van der Waals surface area contributed by atoms with Crippen molar-refractivity contribution in [2.24, 2.45) is 0 Å². The Bertz CT molecular complexity index is 889. The number of aryl methyl sites for hydroxylation is 2. The summed E-state index contributed by atoms with van der Waals surface area (Å²) >= 11 is 0. The van der Waals surface area contributed by atoms with Gasteiger partial charge in [0.1, 0.15) is 23.6 Å². The lowest BCUT2D eigenvalue weighted by Gasteiger charge is -2.19. The van der Waals surface area contributed by atoms with Gasteiger partial charge in [-0.25, -0.2) is 0 Å². The molecule has 1 aliphatic carbocycles. The molecule has 0 amide bonds. The Morgan fingerprint density at radius 2 is 1.93 bits per heavy atom. The van der Waals surface area contributed by atoms with E-state index in [0.717, 1.165) is 29.7 Å². The van der Waals surface area contributed by atoms with Gasteiger partial charge in [-0.1, -0.05) is 0 Å². The number of nitrogens with zero attached hydrogens (tertiary/aromatic N) is 3. The molecule has 0 atom stereocenters. The minimum absolute atomic E-state index is 0.0474. The number of nitriles is 1. The molecule has 1 fully saturated rings. The minimum atomic E-state index is -0.527. The highest BCUT2D eigenvalue weighted by atomic mass is 16.6. The molecule has 0 N–H and O–H groups in total. The predicted molar refractivity (Wildman–Crippen MR) is 101 cm³/mol. The molecule has 0 unspecified atom stereocenters. The van der Waals surface area contributed by atoms with Crippen LogP contribution in [0, 0.1) is 25.2 Å². The molecule has 0 radical (unpaired) electrons. The molecule has 1 aromatic carbocycles. The number of hydrogen-bond acceptors (Lipinski definition) is 5. The molecule has 27 heavy (non-hydrogen) atoms. The topological polar surface area (TPSA) is 77.1 Å². The summed E-state index contributed by atoms with van der Waals surface area (Å²) in [6.45, 7) is 9.36. The Morgan fingerprint density at radius 3 is 2.44 bits per heavy atom. The maximum Gasteiger partial charge on any atom is 0.328 e. The molecule has 1 aliphatic rings. The predicted octanol–water partition coefficient (Wildman–Crippen LogP) is 4.38. The Morgan fingerprint density at radius 1 is 1.30 bits per heavy atom. The molecule has 142 valence electrons. The summed E-state index contributed by atoms with van der Waals surface area (Å²) in [5, 5.41) is 13.8. The van der Waals surface area contributed by atoms with E-state index in [2.05, 4.69) is 11.2 Å². The Kier molecular flexibility index (Phi) is 4.97. The van der Waals surface area contributed by atoms with E-state index in [1.807, 2.05) is 46.8 Å². The average molecular weight is 367 g/mol. The molecule has 1 heterocycles. The Balaban J connectivity index is 1.82. The zero-order chi connectivity index (χ0) is 19.8. The first-order valence-electron chi connectivity index (χ1n) is 9.14.